The number of thiazole rings is 1. The fourth-order valence-corrected chi connectivity index (χ4v) is 2.35. The van der Waals surface area contributed by atoms with Gasteiger partial charge in [-0.05, 0) is 6.42 Å². The second-order valence-corrected chi connectivity index (χ2v) is 4.51. The van der Waals surface area contributed by atoms with Crippen molar-refractivity contribution < 1.29 is 0 Å². The average Bonchev–Trinajstić information content (AvgIpc) is 2.49. The molecule has 5 heteroatoms. The quantitative estimate of drug-likeness (QED) is 0.331. The van der Waals surface area contributed by atoms with Gasteiger partial charge in [-0.3, -0.25) is 5.41 Å². The van der Waals surface area contributed by atoms with Gasteiger partial charge in [0, 0.05) is 23.8 Å². The predicted molar refractivity (Wildman–Crippen MR) is 54.0 cm³/mol. The molecule has 0 saturated carbocycles. The van der Waals surface area contributed by atoms with Crippen LogP contribution in [-0.4, -0.2) is 16.6 Å². The predicted octanol–water partition coefficient (Wildman–Crippen LogP) is 1.95. The standard InChI is InChI=1S/C7H11N3S2/c8-6(9)2-1-4-11-7-10-3-5-12-7/h3,5H,1-2,4H2,(H3,8,9). The second-order valence-electron chi connectivity index (χ2n) is 2.28. The van der Waals surface area contributed by atoms with Crippen LogP contribution in [0.25, 0.3) is 0 Å². The number of thioether (sulfide) groups is 1. The van der Waals surface area contributed by atoms with Gasteiger partial charge in [0.1, 0.15) is 4.34 Å². The number of rotatable bonds is 5. The topological polar surface area (TPSA) is 62.8 Å². The zero-order valence-electron chi connectivity index (χ0n) is 6.62. The largest absolute Gasteiger partial charge is 0.388 e. The van der Waals surface area contributed by atoms with E-state index in [9.17, 15) is 0 Å². The minimum absolute atomic E-state index is 0.273. The van der Waals surface area contributed by atoms with Crippen molar-refractivity contribution in [3.63, 3.8) is 0 Å². The number of hydrogen-bond acceptors (Lipinski definition) is 4. The Bertz CT molecular complexity index is 233. The average molecular weight is 201 g/mol. The third kappa shape index (κ3) is 3.73. The fourth-order valence-electron chi connectivity index (χ4n) is 0.704. The van der Waals surface area contributed by atoms with Gasteiger partial charge in [0.25, 0.3) is 0 Å². The van der Waals surface area contributed by atoms with Crippen molar-refractivity contribution in [3.05, 3.63) is 11.6 Å². The Morgan fingerprint density at radius 2 is 2.58 bits per heavy atom. The van der Waals surface area contributed by atoms with Crippen LogP contribution in [0.15, 0.2) is 15.9 Å². The van der Waals surface area contributed by atoms with Gasteiger partial charge < -0.3 is 5.73 Å². The van der Waals surface area contributed by atoms with Gasteiger partial charge >= 0.3 is 0 Å². The summed E-state index contributed by atoms with van der Waals surface area (Å²) in [5.41, 5.74) is 5.21. The number of amidine groups is 1. The van der Waals surface area contributed by atoms with E-state index in [1.807, 2.05) is 5.38 Å². The van der Waals surface area contributed by atoms with Crippen LogP contribution in [0.5, 0.6) is 0 Å². The van der Waals surface area contributed by atoms with Gasteiger partial charge in [0.05, 0.1) is 5.84 Å². The molecule has 0 atom stereocenters. The van der Waals surface area contributed by atoms with E-state index in [2.05, 4.69) is 4.98 Å². The first-order valence-corrected chi connectivity index (χ1v) is 5.51. The molecule has 0 radical (unpaired) electrons. The molecule has 66 valence electrons. The Labute approximate surface area is 79.9 Å². The van der Waals surface area contributed by atoms with Crippen molar-refractivity contribution in [3.8, 4) is 0 Å². The van der Waals surface area contributed by atoms with Crippen LogP contribution in [-0.2, 0) is 0 Å². The summed E-state index contributed by atoms with van der Waals surface area (Å²) in [5.74, 6) is 1.27. The van der Waals surface area contributed by atoms with Crippen molar-refractivity contribution >= 4 is 28.9 Å². The van der Waals surface area contributed by atoms with E-state index >= 15 is 0 Å². The van der Waals surface area contributed by atoms with E-state index < -0.39 is 0 Å². The van der Waals surface area contributed by atoms with E-state index in [0.29, 0.717) is 6.42 Å². The summed E-state index contributed by atoms with van der Waals surface area (Å²) >= 11 is 3.37. The maximum Gasteiger partial charge on any atom is 0.149 e. The van der Waals surface area contributed by atoms with Crippen LogP contribution in [0.2, 0.25) is 0 Å². The molecular formula is C7H11N3S2. The van der Waals surface area contributed by atoms with Crippen LogP contribution in [0.1, 0.15) is 12.8 Å². The van der Waals surface area contributed by atoms with Crippen molar-refractivity contribution in [2.45, 2.75) is 17.2 Å². The smallest absolute Gasteiger partial charge is 0.149 e. The van der Waals surface area contributed by atoms with Crippen molar-refractivity contribution in [1.82, 2.24) is 4.98 Å². The molecule has 0 fully saturated rings. The molecule has 1 aromatic heterocycles. The van der Waals surface area contributed by atoms with Gasteiger partial charge in [-0.15, -0.1) is 11.3 Å². The summed E-state index contributed by atoms with van der Waals surface area (Å²) in [6.07, 6.45) is 3.45. The Balaban J connectivity index is 2.07. The number of nitrogens with one attached hydrogen (secondary N) is 1. The number of nitrogens with two attached hydrogens (primary N) is 1. The number of aromatic nitrogens is 1. The van der Waals surface area contributed by atoms with Crippen LogP contribution in [0.4, 0.5) is 0 Å². The molecule has 1 aromatic rings. The molecule has 0 amide bonds. The first kappa shape index (κ1) is 9.54. The van der Waals surface area contributed by atoms with Crippen molar-refractivity contribution in [2.75, 3.05) is 5.75 Å². The minimum Gasteiger partial charge on any atom is -0.388 e. The molecule has 3 N–H and O–H groups in total. The lowest BCUT2D eigenvalue weighted by Gasteiger charge is -1.96. The zero-order valence-corrected chi connectivity index (χ0v) is 8.25. The molecule has 0 spiro atoms. The highest BCUT2D eigenvalue weighted by Crippen LogP contribution is 2.20. The van der Waals surface area contributed by atoms with Gasteiger partial charge in [0.15, 0.2) is 0 Å². The van der Waals surface area contributed by atoms with Gasteiger partial charge in [-0.2, -0.15) is 0 Å². The van der Waals surface area contributed by atoms with E-state index in [4.69, 9.17) is 11.1 Å². The molecule has 0 unspecified atom stereocenters. The molecular weight excluding hydrogens is 190 g/mol. The maximum atomic E-state index is 7.00. The molecule has 0 aliphatic rings. The summed E-state index contributed by atoms with van der Waals surface area (Å²) in [7, 11) is 0. The molecule has 1 rings (SSSR count). The van der Waals surface area contributed by atoms with E-state index in [-0.39, 0.29) is 5.84 Å². The third-order valence-electron chi connectivity index (χ3n) is 1.23. The Kier molecular flexibility index (Phi) is 4.10. The fraction of sp³-hybridized carbons (Fsp3) is 0.429. The van der Waals surface area contributed by atoms with Crippen molar-refractivity contribution in [1.29, 1.82) is 5.41 Å². The summed E-state index contributed by atoms with van der Waals surface area (Å²) < 4.78 is 1.10. The lowest BCUT2D eigenvalue weighted by Crippen LogP contribution is -2.08. The van der Waals surface area contributed by atoms with Crippen LogP contribution >= 0.6 is 23.1 Å². The second kappa shape index (κ2) is 5.16. The highest BCUT2D eigenvalue weighted by molar-refractivity contribution is 8.00. The molecule has 0 aromatic carbocycles. The van der Waals surface area contributed by atoms with Crippen LogP contribution in [0, 0.1) is 5.41 Å². The molecule has 0 bridgehead atoms. The Morgan fingerprint density at radius 3 is 3.17 bits per heavy atom. The molecule has 0 saturated heterocycles. The molecule has 0 aliphatic carbocycles. The molecule has 0 aliphatic heterocycles. The number of nitrogens with zero attached hydrogens (tertiary/aromatic N) is 1. The van der Waals surface area contributed by atoms with E-state index in [0.717, 1.165) is 16.5 Å². The zero-order chi connectivity index (χ0) is 8.81. The summed E-state index contributed by atoms with van der Waals surface area (Å²) in [5, 5.41) is 8.97. The third-order valence-corrected chi connectivity index (χ3v) is 3.28. The van der Waals surface area contributed by atoms with Crippen LogP contribution in [0.3, 0.4) is 0 Å². The normalized spacial score (nSPS) is 10.0. The monoisotopic (exact) mass is 201 g/mol. The Hall–Kier alpha value is -0.550. The first-order chi connectivity index (χ1) is 5.79. The summed E-state index contributed by atoms with van der Waals surface area (Å²) in [4.78, 5) is 4.13. The van der Waals surface area contributed by atoms with Gasteiger partial charge in [-0.1, -0.05) is 11.8 Å². The SMILES string of the molecule is N=C(N)CCCSc1nccs1. The van der Waals surface area contributed by atoms with Crippen molar-refractivity contribution in [2.24, 2.45) is 5.73 Å². The van der Waals surface area contributed by atoms with Crippen LogP contribution < -0.4 is 5.73 Å². The maximum absolute atomic E-state index is 7.00. The highest BCUT2D eigenvalue weighted by Gasteiger charge is 1.96. The lowest BCUT2D eigenvalue weighted by molar-refractivity contribution is 0.987. The minimum atomic E-state index is 0.273. The molecule has 12 heavy (non-hydrogen) atoms. The lowest BCUT2D eigenvalue weighted by atomic mass is 10.3. The highest BCUT2D eigenvalue weighted by atomic mass is 32.2. The van der Waals surface area contributed by atoms with Gasteiger partial charge in [-0.25, -0.2) is 4.98 Å². The summed E-state index contributed by atoms with van der Waals surface area (Å²) in [6.45, 7) is 0. The van der Waals surface area contributed by atoms with E-state index in [1.54, 1.807) is 29.3 Å². The molecule has 3 nitrogen and oxygen atoms in total. The number of hydrogen-bond donors (Lipinski definition) is 2. The van der Waals surface area contributed by atoms with Gasteiger partial charge in [0.2, 0.25) is 0 Å². The Morgan fingerprint density at radius 1 is 1.75 bits per heavy atom. The molecule has 1 heterocycles. The summed E-state index contributed by atoms with van der Waals surface area (Å²) in [6, 6.07) is 0. The van der Waals surface area contributed by atoms with E-state index in [1.165, 1.54) is 0 Å². The first-order valence-electron chi connectivity index (χ1n) is 3.64.